The lowest BCUT2D eigenvalue weighted by Crippen LogP contribution is -2.49. The maximum atomic E-state index is 11.8. The summed E-state index contributed by atoms with van der Waals surface area (Å²) in [5.41, 5.74) is 5.91. The minimum Gasteiger partial charge on any atom is -0.379 e. The molecule has 112 valence electrons. The molecule has 2 unspecified atom stereocenters. The average Bonchev–Trinajstić information content (AvgIpc) is 2.32. The molecule has 19 heavy (non-hydrogen) atoms. The zero-order valence-corrected chi connectivity index (χ0v) is 12.5. The standard InChI is InChI=1S/C14H29N3O2/c1-11(2)19-8-4-6-16-14(18)10-17-7-5-13(15)9-12(17)3/h11-13H,4-10,15H2,1-3H3,(H,16,18). The highest BCUT2D eigenvalue weighted by Crippen LogP contribution is 2.14. The molecular formula is C14H29N3O2. The number of rotatable bonds is 7. The van der Waals surface area contributed by atoms with Gasteiger partial charge in [0.05, 0.1) is 12.6 Å². The second-order valence-corrected chi connectivity index (χ2v) is 5.73. The number of amides is 1. The van der Waals surface area contributed by atoms with E-state index in [1.54, 1.807) is 0 Å². The number of carbonyl (C=O) groups excluding carboxylic acids is 1. The monoisotopic (exact) mass is 271 g/mol. The summed E-state index contributed by atoms with van der Waals surface area (Å²) >= 11 is 0. The van der Waals surface area contributed by atoms with Crippen LogP contribution >= 0.6 is 0 Å². The second-order valence-electron chi connectivity index (χ2n) is 5.73. The molecule has 1 saturated heterocycles. The highest BCUT2D eigenvalue weighted by atomic mass is 16.5. The van der Waals surface area contributed by atoms with Gasteiger partial charge in [-0.2, -0.15) is 0 Å². The summed E-state index contributed by atoms with van der Waals surface area (Å²) in [5.74, 6) is 0.104. The largest absolute Gasteiger partial charge is 0.379 e. The van der Waals surface area contributed by atoms with Crippen LogP contribution < -0.4 is 11.1 Å². The van der Waals surface area contributed by atoms with Crippen molar-refractivity contribution < 1.29 is 9.53 Å². The van der Waals surface area contributed by atoms with Gasteiger partial charge in [-0.15, -0.1) is 0 Å². The van der Waals surface area contributed by atoms with E-state index < -0.39 is 0 Å². The molecule has 1 aliphatic rings. The van der Waals surface area contributed by atoms with Crippen LogP contribution in [0.1, 0.15) is 40.0 Å². The van der Waals surface area contributed by atoms with E-state index in [2.05, 4.69) is 17.1 Å². The third-order valence-electron chi connectivity index (χ3n) is 3.50. The summed E-state index contributed by atoms with van der Waals surface area (Å²) < 4.78 is 5.43. The molecule has 0 saturated carbocycles. The first-order valence-corrected chi connectivity index (χ1v) is 7.37. The Morgan fingerprint density at radius 1 is 1.53 bits per heavy atom. The highest BCUT2D eigenvalue weighted by Gasteiger charge is 2.24. The van der Waals surface area contributed by atoms with Crippen LogP contribution in [0.15, 0.2) is 0 Å². The van der Waals surface area contributed by atoms with E-state index in [-0.39, 0.29) is 12.0 Å². The predicted molar refractivity (Wildman–Crippen MR) is 77.0 cm³/mol. The van der Waals surface area contributed by atoms with Gasteiger partial charge in [0.15, 0.2) is 0 Å². The third-order valence-corrected chi connectivity index (χ3v) is 3.50. The molecule has 1 rings (SSSR count). The molecule has 5 nitrogen and oxygen atoms in total. The van der Waals surface area contributed by atoms with Crippen molar-refractivity contribution >= 4 is 5.91 Å². The Balaban J connectivity index is 2.10. The van der Waals surface area contributed by atoms with Gasteiger partial charge in [-0.3, -0.25) is 9.69 Å². The predicted octanol–water partition coefficient (Wildman–Crippen LogP) is 0.729. The van der Waals surface area contributed by atoms with Crippen LogP contribution in [0.5, 0.6) is 0 Å². The maximum Gasteiger partial charge on any atom is 0.234 e. The molecule has 5 heteroatoms. The van der Waals surface area contributed by atoms with Crippen molar-refractivity contribution in [3.8, 4) is 0 Å². The summed E-state index contributed by atoms with van der Waals surface area (Å²) in [4.78, 5) is 14.0. The summed E-state index contributed by atoms with van der Waals surface area (Å²) in [6.07, 6.45) is 3.09. The molecule has 0 radical (unpaired) electrons. The van der Waals surface area contributed by atoms with Crippen LogP contribution in [-0.2, 0) is 9.53 Å². The second kappa shape index (κ2) is 8.51. The fourth-order valence-corrected chi connectivity index (χ4v) is 2.35. The molecule has 0 aliphatic carbocycles. The van der Waals surface area contributed by atoms with Crippen LogP contribution in [0.2, 0.25) is 0 Å². The summed E-state index contributed by atoms with van der Waals surface area (Å²) in [5, 5.41) is 2.94. The molecule has 2 atom stereocenters. The SMILES string of the molecule is CC(C)OCCCNC(=O)CN1CCC(N)CC1C. The van der Waals surface area contributed by atoms with E-state index in [4.69, 9.17) is 10.5 Å². The van der Waals surface area contributed by atoms with Crippen LogP contribution in [0.25, 0.3) is 0 Å². The Morgan fingerprint density at radius 3 is 2.89 bits per heavy atom. The molecule has 0 spiro atoms. The average molecular weight is 271 g/mol. The number of nitrogens with zero attached hydrogens (tertiary/aromatic N) is 1. The van der Waals surface area contributed by atoms with Crippen molar-refractivity contribution in [3.05, 3.63) is 0 Å². The minimum absolute atomic E-state index is 0.104. The van der Waals surface area contributed by atoms with Gasteiger partial charge in [0.2, 0.25) is 5.91 Å². The minimum atomic E-state index is 0.104. The van der Waals surface area contributed by atoms with Gasteiger partial charge in [0, 0.05) is 31.8 Å². The molecule has 3 N–H and O–H groups in total. The van der Waals surface area contributed by atoms with E-state index in [0.717, 1.165) is 25.8 Å². The van der Waals surface area contributed by atoms with E-state index in [9.17, 15) is 4.79 Å². The zero-order chi connectivity index (χ0) is 14.3. The normalized spacial score (nSPS) is 24.7. The van der Waals surface area contributed by atoms with Gasteiger partial charge in [-0.25, -0.2) is 0 Å². The maximum absolute atomic E-state index is 11.8. The highest BCUT2D eigenvalue weighted by molar-refractivity contribution is 5.78. The number of hydrogen-bond donors (Lipinski definition) is 2. The Hall–Kier alpha value is -0.650. The Labute approximate surface area is 116 Å². The smallest absolute Gasteiger partial charge is 0.234 e. The number of nitrogens with one attached hydrogen (secondary N) is 1. The fraction of sp³-hybridized carbons (Fsp3) is 0.929. The number of nitrogens with two attached hydrogens (primary N) is 1. The van der Waals surface area contributed by atoms with Crippen LogP contribution in [0, 0.1) is 0 Å². The zero-order valence-electron chi connectivity index (χ0n) is 12.5. The van der Waals surface area contributed by atoms with Crippen molar-refractivity contribution in [2.45, 2.75) is 58.2 Å². The van der Waals surface area contributed by atoms with E-state index in [1.807, 2.05) is 13.8 Å². The van der Waals surface area contributed by atoms with Crippen LogP contribution in [0.3, 0.4) is 0 Å². The van der Waals surface area contributed by atoms with Gasteiger partial charge in [-0.05, 0) is 40.0 Å². The van der Waals surface area contributed by atoms with E-state index in [1.165, 1.54) is 0 Å². The summed E-state index contributed by atoms with van der Waals surface area (Å²) in [6, 6.07) is 0.696. The molecular weight excluding hydrogens is 242 g/mol. The number of likely N-dealkylation sites (tertiary alicyclic amines) is 1. The lowest BCUT2D eigenvalue weighted by atomic mass is 9.99. The fourth-order valence-electron chi connectivity index (χ4n) is 2.35. The molecule has 1 fully saturated rings. The van der Waals surface area contributed by atoms with Crippen molar-refractivity contribution in [1.82, 2.24) is 10.2 Å². The van der Waals surface area contributed by atoms with Gasteiger partial charge in [0.25, 0.3) is 0 Å². The first-order chi connectivity index (χ1) is 8.99. The van der Waals surface area contributed by atoms with E-state index >= 15 is 0 Å². The summed E-state index contributed by atoms with van der Waals surface area (Å²) in [7, 11) is 0. The number of piperidine rings is 1. The van der Waals surface area contributed by atoms with Crippen LogP contribution in [0.4, 0.5) is 0 Å². The van der Waals surface area contributed by atoms with Crippen molar-refractivity contribution in [3.63, 3.8) is 0 Å². The lowest BCUT2D eigenvalue weighted by molar-refractivity contribution is -0.123. The van der Waals surface area contributed by atoms with Gasteiger partial charge < -0.3 is 15.8 Å². The van der Waals surface area contributed by atoms with E-state index in [0.29, 0.717) is 31.8 Å². The third kappa shape index (κ3) is 6.89. The Morgan fingerprint density at radius 2 is 2.26 bits per heavy atom. The number of carbonyl (C=O) groups is 1. The number of ether oxygens (including phenoxy) is 1. The molecule has 1 amide bonds. The van der Waals surface area contributed by atoms with Gasteiger partial charge >= 0.3 is 0 Å². The Kier molecular flexibility index (Phi) is 7.34. The topological polar surface area (TPSA) is 67.6 Å². The molecule has 1 aliphatic heterocycles. The van der Waals surface area contributed by atoms with Crippen LogP contribution in [-0.4, -0.2) is 55.2 Å². The first-order valence-electron chi connectivity index (χ1n) is 7.37. The number of hydrogen-bond acceptors (Lipinski definition) is 4. The molecule has 1 heterocycles. The summed E-state index contributed by atoms with van der Waals surface area (Å²) in [6.45, 7) is 8.97. The van der Waals surface area contributed by atoms with Crippen molar-refractivity contribution in [2.75, 3.05) is 26.2 Å². The quantitative estimate of drug-likeness (QED) is 0.670. The molecule has 0 aromatic carbocycles. The van der Waals surface area contributed by atoms with Gasteiger partial charge in [0.1, 0.15) is 0 Å². The first kappa shape index (κ1) is 16.4. The van der Waals surface area contributed by atoms with Gasteiger partial charge in [-0.1, -0.05) is 0 Å². The molecule has 0 aromatic heterocycles. The lowest BCUT2D eigenvalue weighted by Gasteiger charge is -2.35. The Bertz CT molecular complexity index is 271. The van der Waals surface area contributed by atoms with Crippen molar-refractivity contribution in [2.24, 2.45) is 5.73 Å². The molecule has 0 aromatic rings. The van der Waals surface area contributed by atoms with Crippen molar-refractivity contribution in [1.29, 1.82) is 0 Å². The molecule has 0 bridgehead atoms.